The normalized spacial score (nSPS) is 10.7. The Morgan fingerprint density at radius 3 is 2.31 bits per heavy atom. The molecule has 0 aliphatic carbocycles. The topological polar surface area (TPSA) is 77.8 Å². The molecular weight excluding hydrogens is 461 g/mol. The maximum Gasteiger partial charge on any atom is 0.262 e. The van der Waals surface area contributed by atoms with Gasteiger partial charge in [-0.15, -0.1) is 0 Å². The summed E-state index contributed by atoms with van der Waals surface area (Å²) in [7, 11) is 0. The first-order chi connectivity index (χ1) is 17.6. The fraction of sp³-hybridized carbons (Fsp3) is 0.0345. The first-order valence-corrected chi connectivity index (χ1v) is 11.1. The van der Waals surface area contributed by atoms with Crippen molar-refractivity contribution in [3.8, 4) is 28.4 Å². The van der Waals surface area contributed by atoms with Gasteiger partial charge in [-0.2, -0.15) is 0 Å². The van der Waals surface area contributed by atoms with Gasteiger partial charge < -0.3 is 19.2 Å². The number of hydrogen-bond acceptors (Lipinski definition) is 5. The van der Waals surface area contributed by atoms with Crippen LogP contribution in [0.2, 0.25) is 0 Å². The Balaban J connectivity index is 1.26. The highest BCUT2D eigenvalue weighted by Gasteiger charge is 2.12. The lowest BCUT2D eigenvalue weighted by molar-refractivity contribution is -0.118. The molecule has 178 valence electrons. The summed E-state index contributed by atoms with van der Waals surface area (Å²) in [6.45, 7) is -0.343. The van der Waals surface area contributed by atoms with Crippen molar-refractivity contribution in [2.45, 2.75) is 0 Å². The maximum atomic E-state index is 13.7. The van der Waals surface area contributed by atoms with Crippen molar-refractivity contribution < 1.29 is 23.1 Å². The third kappa shape index (κ3) is 5.10. The van der Waals surface area contributed by atoms with Crippen molar-refractivity contribution in [1.82, 2.24) is 0 Å². The molecule has 0 atom stereocenters. The van der Waals surface area contributed by atoms with Crippen molar-refractivity contribution in [2.75, 3.05) is 11.9 Å². The number of fused-ring (bicyclic) bond motifs is 1. The summed E-state index contributed by atoms with van der Waals surface area (Å²) in [5, 5.41) is 2.74. The van der Waals surface area contributed by atoms with E-state index in [9.17, 15) is 14.0 Å². The van der Waals surface area contributed by atoms with Crippen LogP contribution in [0.5, 0.6) is 17.2 Å². The lowest BCUT2D eigenvalue weighted by Gasteiger charge is -2.09. The second-order valence-electron chi connectivity index (χ2n) is 7.90. The number of para-hydroxylation sites is 1. The molecular formula is C29H20FNO5. The molecule has 5 aromatic rings. The van der Waals surface area contributed by atoms with E-state index in [2.05, 4.69) is 5.32 Å². The molecule has 7 heteroatoms. The van der Waals surface area contributed by atoms with Crippen LogP contribution in [-0.2, 0) is 4.79 Å². The predicted octanol–water partition coefficient (Wildman–Crippen LogP) is 6.41. The van der Waals surface area contributed by atoms with Crippen molar-refractivity contribution in [2.24, 2.45) is 0 Å². The van der Waals surface area contributed by atoms with E-state index >= 15 is 0 Å². The number of nitrogens with one attached hydrogen (secondary N) is 1. The first-order valence-electron chi connectivity index (χ1n) is 11.1. The Bertz CT molecular complexity index is 1580. The van der Waals surface area contributed by atoms with Gasteiger partial charge in [0.1, 0.15) is 29.2 Å². The summed E-state index contributed by atoms with van der Waals surface area (Å²) in [6, 6.07) is 27.8. The fourth-order valence-electron chi connectivity index (χ4n) is 3.62. The quantitative estimate of drug-likeness (QED) is 0.291. The summed E-state index contributed by atoms with van der Waals surface area (Å²) in [6.07, 6.45) is 1.24. The molecule has 0 radical (unpaired) electrons. The SMILES string of the molecule is O=C(COc1ccc2c(=O)c(Oc3ccc(-c4ccccc4)cc3)coc2c1)Nc1ccccc1F. The van der Waals surface area contributed by atoms with Gasteiger partial charge >= 0.3 is 0 Å². The second-order valence-corrected chi connectivity index (χ2v) is 7.90. The van der Waals surface area contributed by atoms with Crippen LogP contribution in [0.3, 0.4) is 0 Å². The van der Waals surface area contributed by atoms with E-state index in [0.29, 0.717) is 16.9 Å². The molecule has 0 fully saturated rings. The number of benzene rings is 4. The number of anilines is 1. The van der Waals surface area contributed by atoms with Crippen molar-refractivity contribution >= 4 is 22.6 Å². The molecule has 4 aromatic carbocycles. The standard InChI is InChI=1S/C29H20FNO5/c30-24-8-4-5-9-25(24)31-28(32)18-34-22-14-15-23-26(16-22)35-17-27(29(23)33)36-21-12-10-20(11-13-21)19-6-2-1-3-7-19/h1-17H,18H2,(H,31,32). The van der Waals surface area contributed by atoms with Crippen LogP contribution in [0, 0.1) is 5.82 Å². The van der Waals surface area contributed by atoms with E-state index in [1.807, 2.05) is 42.5 Å². The van der Waals surface area contributed by atoms with E-state index in [4.69, 9.17) is 13.9 Å². The summed E-state index contributed by atoms with van der Waals surface area (Å²) in [4.78, 5) is 25.0. The molecule has 0 spiro atoms. The molecule has 5 rings (SSSR count). The molecule has 0 saturated heterocycles. The van der Waals surface area contributed by atoms with E-state index in [0.717, 1.165) is 11.1 Å². The molecule has 1 aromatic heterocycles. The van der Waals surface area contributed by atoms with Gasteiger partial charge in [0.2, 0.25) is 11.2 Å². The number of amides is 1. The Morgan fingerprint density at radius 2 is 1.53 bits per heavy atom. The minimum atomic E-state index is -0.538. The molecule has 0 saturated carbocycles. The lowest BCUT2D eigenvalue weighted by atomic mass is 10.1. The molecule has 0 unspecified atom stereocenters. The van der Waals surface area contributed by atoms with E-state index in [1.165, 1.54) is 36.6 Å². The Morgan fingerprint density at radius 1 is 0.833 bits per heavy atom. The number of carbonyl (C=O) groups excluding carboxylic acids is 1. The van der Waals surface area contributed by atoms with Gasteiger partial charge in [0.15, 0.2) is 6.61 Å². The highest BCUT2D eigenvalue weighted by molar-refractivity contribution is 5.92. The van der Waals surface area contributed by atoms with Gasteiger partial charge in [0.05, 0.1) is 11.1 Å². The van der Waals surface area contributed by atoms with Gasteiger partial charge in [-0.25, -0.2) is 4.39 Å². The van der Waals surface area contributed by atoms with Crippen LogP contribution in [0.25, 0.3) is 22.1 Å². The molecule has 0 bridgehead atoms. The smallest absolute Gasteiger partial charge is 0.262 e. The van der Waals surface area contributed by atoms with Gasteiger partial charge in [-0.05, 0) is 47.5 Å². The van der Waals surface area contributed by atoms with Crippen LogP contribution < -0.4 is 20.2 Å². The molecule has 36 heavy (non-hydrogen) atoms. The van der Waals surface area contributed by atoms with Crippen LogP contribution in [0.4, 0.5) is 10.1 Å². The van der Waals surface area contributed by atoms with Gasteiger partial charge in [0.25, 0.3) is 5.91 Å². The summed E-state index contributed by atoms with van der Waals surface area (Å²) in [5.74, 6) is -0.193. The van der Waals surface area contributed by atoms with Crippen molar-refractivity contribution in [3.63, 3.8) is 0 Å². The molecule has 0 aliphatic heterocycles. The molecule has 0 aliphatic rings. The number of hydrogen-bond donors (Lipinski definition) is 1. The maximum absolute atomic E-state index is 13.7. The zero-order valence-electron chi connectivity index (χ0n) is 18.9. The molecule has 1 amide bonds. The summed E-state index contributed by atoms with van der Waals surface area (Å²) in [5.41, 5.74) is 2.12. The number of halogens is 1. The Hall–Kier alpha value is -4.91. The highest BCUT2D eigenvalue weighted by atomic mass is 19.1. The van der Waals surface area contributed by atoms with Gasteiger partial charge in [0, 0.05) is 6.07 Å². The summed E-state index contributed by atoms with van der Waals surface area (Å²) >= 11 is 0. The van der Waals surface area contributed by atoms with Gasteiger partial charge in [-0.3, -0.25) is 9.59 Å². The molecule has 6 nitrogen and oxygen atoms in total. The third-order valence-corrected chi connectivity index (χ3v) is 5.42. The van der Waals surface area contributed by atoms with Crippen LogP contribution in [-0.4, -0.2) is 12.5 Å². The minimum Gasteiger partial charge on any atom is -0.484 e. The van der Waals surface area contributed by atoms with E-state index in [1.54, 1.807) is 24.3 Å². The average molecular weight is 481 g/mol. The largest absolute Gasteiger partial charge is 0.484 e. The predicted molar refractivity (Wildman–Crippen MR) is 135 cm³/mol. The van der Waals surface area contributed by atoms with Crippen molar-refractivity contribution in [3.05, 3.63) is 119 Å². The van der Waals surface area contributed by atoms with E-state index in [-0.39, 0.29) is 29.1 Å². The molecule has 1 heterocycles. The van der Waals surface area contributed by atoms with Crippen molar-refractivity contribution in [1.29, 1.82) is 0 Å². The zero-order chi connectivity index (χ0) is 24.9. The van der Waals surface area contributed by atoms with Gasteiger partial charge in [-0.1, -0.05) is 54.6 Å². The number of carbonyl (C=O) groups is 1. The number of rotatable bonds is 7. The Kier molecular flexibility index (Phi) is 6.44. The molecule has 1 N–H and O–H groups in total. The van der Waals surface area contributed by atoms with Crippen LogP contribution >= 0.6 is 0 Å². The fourth-order valence-corrected chi connectivity index (χ4v) is 3.62. The van der Waals surface area contributed by atoms with Crippen LogP contribution in [0.15, 0.2) is 113 Å². The monoisotopic (exact) mass is 481 g/mol. The average Bonchev–Trinajstić information content (AvgIpc) is 2.91. The second kappa shape index (κ2) is 10.1. The van der Waals surface area contributed by atoms with E-state index < -0.39 is 11.7 Å². The minimum absolute atomic E-state index is 0.0490. The van der Waals surface area contributed by atoms with Crippen LogP contribution in [0.1, 0.15) is 0 Å². The lowest BCUT2D eigenvalue weighted by Crippen LogP contribution is -2.20. The third-order valence-electron chi connectivity index (χ3n) is 5.42. The highest BCUT2D eigenvalue weighted by Crippen LogP contribution is 2.26. The zero-order valence-corrected chi connectivity index (χ0v) is 18.9. The Labute approximate surface area is 205 Å². The summed E-state index contributed by atoms with van der Waals surface area (Å²) < 4.78 is 30.5. The number of ether oxygens (including phenoxy) is 2. The first kappa shape index (κ1) is 22.9.